The van der Waals surface area contributed by atoms with Crippen molar-refractivity contribution in [3.8, 4) is 67.4 Å². The Kier molecular flexibility index (Phi) is 15.7. The standard InChI is InChI=1S/C60H42N5.Ir.Pt/c1-2-14-56(55-31-30-51(60-64-35-10-36-65-60)42-53(55)39-45-11-9-12-50(38-45)59-17-5-8-34-63-59)54(13-1)52-40-46(20-18-43-22-26-48(27-23-43)57-15-3-6-32-61-57)37-47(41-52)21-19-44-24-28-49(29-25-44)58-16-4-7-33-62-58;;/h1-17,22-26,28,31-37,40-41H,18-21,39H2;;/q-5;+3;+2. The molecule has 0 saturated carbocycles. The van der Waals surface area contributed by atoms with Gasteiger partial charge in [-0.3, -0.25) is 12.1 Å². The number of hydrogen-bond acceptors (Lipinski definition) is 5. The van der Waals surface area contributed by atoms with Gasteiger partial charge in [-0.25, -0.2) is 17.2 Å². The quantitative estimate of drug-likeness (QED) is 0.102. The van der Waals surface area contributed by atoms with Crippen LogP contribution >= 0.6 is 0 Å². The number of aryl methyl sites for hydroxylation is 4. The largest absolute Gasteiger partial charge is 3.00 e. The summed E-state index contributed by atoms with van der Waals surface area (Å²) in [7, 11) is 0. The summed E-state index contributed by atoms with van der Waals surface area (Å²) in [6, 6.07) is 74.6. The molecule has 6 aromatic carbocycles. The third-order valence-corrected chi connectivity index (χ3v) is 11.5. The molecule has 326 valence electrons. The molecule has 0 spiro atoms. The summed E-state index contributed by atoms with van der Waals surface area (Å²) < 4.78 is 0. The van der Waals surface area contributed by atoms with E-state index in [4.69, 9.17) is 0 Å². The molecule has 0 saturated heterocycles. The molecule has 7 heteroatoms. The van der Waals surface area contributed by atoms with E-state index in [9.17, 15) is 0 Å². The van der Waals surface area contributed by atoms with Gasteiger partial charge in [0.2, 0.25) is 0 Å². The molecule has 4 aromatic heterocycles. The summed E-state index contributed by atoms with van der Waals surface area (Å²) in [6.45, 7) is 0. The molecule has 0 aliphatic rings. The molecular formula is C60H42IrN5Pt. The van der Waals surface area contributed by atoms with E-state index in [1.165, 1.54) is 27.8 Å². The van der Waals surface area contributed by atoms with Gasteiger partial charge in [0.15, 0.2) is 0 Å². The predicted octanol–water partition coefficient (Wildman–Crippen LogP) is 12.8. The summed E-state index contributed by atoms with van der Waals surface area (Å²) in [5, 5.41) is 0. The Hall–Kier alpha value is -6.81. The van der Waals surface area contributed by atoms with Crippen LogP contribution in [0.15, 0.2) is 195 Å². The third kappa shape index (κ3) is 11.6. The van der Waals surface area contributed by atoms with Crippen molar-refractivity contribution in [2.45, 2.75) is 32.1 Å². The third-order valence-electron chi connectivity index (χ3n) is 11.5. The molecule has 0 amide bonds. The number of nitrogens with zero attached hydrogens (tertiary/aromatic N) is 5. The van der Waals surface area contributed by atoms with E-state index in [1.807, 2.05) is 79.3 Å². The van der Waals surface area contributed by atoms with Crippen LogP contribution in [0.3, 0.4) is 0 Å². The van der Waals surface area contributed by atoms with Crippen LogP contribution in [0.2, 0.25) is 0 Å². The Morgan fingerprint density at radius 1 is 0.388 bits per heavy atom. The van der Waals surface area contributed by atoms with Crippen LogP contribution in [0.5, 0.6) is 0 Å². The molecular weight excluding hydrogens is 1180 g/mol. The first-order valence-corrected chi connectivity index (χ1v) is 21.9. The maximum absolute atomic E-state index is 4.60. The second-order valence-electron chi connectivity index (χ2n) is 16.0. The van der Waals surface area contributed by atoms with E-state index < -0.39 is 0 Å². The molecule has 0 radical (unpaired) electrons. The Morgan fingerprint density at radius 2 is 0.925 bits per heavy atom. The SMILES string of the molecule is [Ir+3].[Pt+2].[c-]1cc(-c2ccccc2-c2cc(CCc3c[c-]c(-c4ccccn4)cc3)cc(CCc3c[c-]c(-c4ccccn4)cc3)c2)c(Cc2[c-]c(-c3ccccn3)ccc2)[c-]c1-c1ncccn1. The fourth-order valence-corrected chi connectivity index (χ4v) is 8.24. The molecule has 10 rings (SSSR count). The average molecular weight is 1220 g/mol. The van der Waals surface area contributed by atoms with Crippen LogP contribution in [0.4, 0.5) is 0 Å². The van der Waals surface area contributed by atoms with E-state index in [2.05, 4.69) is 158 Å². The second-order valence-corrected chi connectivity index (χ2v) is 16.0. The fourth-order valence-electron chi connectivity index (χ4n) is 8.24. The van der Waals surface area contributed by atoms with Gasteiger partial charge in [-0.05, 0) is 82.3 Å². The second kappa shape index (κ2) is 22.6. The van der Waals surface area contributed by atoms with Crippen molar-refractivity contribution >= 4 is 0 Å². The minimum absolute atomic E-state index is 0. The van der Waals surface area contributed by atoms with Crippen molar-refractivity contribution < 1.29 is 41.2 Å². The van der Waals surface area contributed by atoms with Gasteiger partial charge in [0.1, 0.15) is 0 Å². The van der Waals surface area contributed by atoms with Crippen LogP contribution in [0.25, 0.3) is 67.4 Å². The van der Waals surface area contributed by atoms with Crippen molar-refractivity contribution in [2.75, 3.05) is 0 Å². The molecule has 0 bridgehead atoms. The molecule has 0 unspecified atom stereocenters. The topological polar surface area (TPSA) is 64.5 Å². The molecule has 67 heavy (non-hydrogen) atoms. The minimum Gasteiger partial charge on any atom is -0.333 e. The van der Waals surface area contributed by atoms with Crippen LogP contribution in [0.1, 0.15) is 33.4 Å². The number of aromatic nitrogens is 5. The van der Waals surface area contributed by atoms with Crippen LogP contribution in [-0.4, -0.2) is 24.9 Å². The van der Waals surface area contributed by atoms with Crippen LogP contribution < -0.4 is 0 Å². The minimum atomic E-state index is 0. The molecule has 10 aromatic rings. The predicted molar refractivity (Wildman–Crippen MR) is 259 cm³/mol. The Balaban J connectivity index is 0.00000304. The first-order chi connectivity index (χ1) is 32.2. The maximum Gasteiger partial charge on any atom is 3.00 e. The van der Waals surface area contributed by atoms with Gasteiger partial charge in [0.05, 0.1) is 0 Å². The summed E-state index contributed by atoms with van der Waals surface area (Å²) in [5.41, 5.74) is 18.0. The van der Waals surface area contributed by atoms with E-state index in [0.29, 0.717) is 12.2 Å². The van der Waals surface area contributed by atoms with Gasteiger partial charge < -0.3 is 24.9 Å². The van der Waals surface area contributed by atoms with Crippen molar-refractivity contribution in [3.05, 3.63) is 258 Å². The molecule has 0 aliphatic heterocycles. The summed E-state index contributed by atoms with van der Waals surface area (Å²) in [4.78, 5) is 22.7. The van der Waals surface area contributed by atoms with E-state index >= 15 is 0 Å². The summed E-state index contributed by atoms with van der Waals surface area (Å²) in [5.74, 6) is 0.588. The van der Waals surface area contributed by atoms with Crippen LogP contribution in [0, 0.1) is 30.3 Å². The van der Waals surface area contributed by atoms with E-state index in [-0.39, 0.29) is 41.2 Å². The number of benzene rings is 6. The number of hydrogen-bond donors (Lipinski definition) is 0. The summed E-state index contributed by atoms with van der Waals surface area (Å²) in [6.07, 6.45) is 13.1. The number of pyridine rings is 3. The molecule has 0 aliphatic carbocycles. The van der Waals surface area contributed by atoms with Crippen LogP contribution in [-0.2, 0) is 73.3 Å². The zero-order valence-electron chi connectivity index (χ0n) is 36.4. The van der Waals surface area contributed by atoms with Crippen molar-refractivity contribution in [2.24, 2.45) is 0 Å². The monoisotopic (exact) mass is 1220 g/mol. The Morgan fingerprint density at radius 3 is 1.48 bits per heavy atom. The number of rotatable bonds is 14. The average Bonchev–Trinajstić information content (AvgIpc) is 3.39. The smallest absolute Gasteiger partial charge is 0.333 e. The summed E-state index contributed by atoms with van der Waals surface area (Å²) >= 11 is 0. The first-order valence-electron chi connectivity index (χ1n) is 21.9. The van der Waals surface area contributed by atoms with Crippen molar-refractivity contribution in [1.29, 1.82) is 0 Å². The molecule has 4 heterocycles. The normalized spacial score (nSPS) is 10.7. The first kappa shape index (κ1) is 46.7. The van der Waals surface area contributed by atoms with E-state index in [1.54, 1.807) is 12.4 Å². The Labute approximate surface area is 421 Å². The zero-order valence-corrected chi connectivity index (χ0v) is 41.1. The van der Waals surface area contributed by atoms with Gasteiger partial charge in [-0.1, -0.05) is 104 Å². The molecule has 5 nitrogen and oxygen atoms in total. The molecule has 0 fully saturated rings. The van der Waals surface area contributed by atoms with Gasteiger partial charge in [-0.15, -0.1) is 106 Å². The maximum atomic E-state index is 4.60. The molecule has 0 atom stereocenters. The fraction of sp³-hybridized carbons (Fsp3) is 0.0833. The van der Waals surface area contributed by atoms with Gasteiger partial charge in [0.25, 0.3) is 0 Å². The molecule has 0 N–H and O–H groups in total. The van der Waals surface area contributed by atoms with Crippen molar-refractivity contribution in [1.82, 2.24) is 24.9 Å². The Bertz CT molecular complexity index is 3050. The van der Waals surface area contributed by atoms with E-state index in [0.717, 1.165) is 92.8 Å². The van der Waals surface area contributed by atoms with Gasteiger partial charge in [-0.2, -0.15) is 5.56 Å². The van der Waals surface area contributed by atoms with Gasteiger partial charge in [0, 0.05) is 31.0 Å². The zero-order chi connectivity index (χ0) is 43.6. The van der Waals surface area contributed by atoms with Gasteiger partial charge >= 0.3 is 41.2 Å². The van der Waals surface area contributed by atoms with Crippen molar-refractivity contribution in [3.63, 3.8) is 0 Å².